The summed E-state index contributed by atoms with van der Waals surface area (Å²) in [5, 5.41) is 2.79. The number of fused-ring (bicyclic) bond motifs is 1. The number of ether oxygens (including phenoxy) is 1. The number of nitrogens with zero attached hydrogens (tertiary/aromatic N) is 2. The molecule has 0 aliphatic rings. The molecule has 5 nitrogen and oxygen atoms in total. The molecule has 0 spiro atoms. The topological polar surface area (TPSA) is 56.2 Å². The molecular formula is C18H27N3O2. The summed E-state index contributed by atoms with van der Waals surface area (Å²) < 4.78 is 7.39. The maximum atomic E-state index is 11.5. The quantitative estimate of drug-likeness (QED) is 0.818. The lowest BCUT2D eigenvalue weighted by atomic mass is 10.2. The first-order valence-electron chi connectivity index (χ1n) is 8.23. The SMILES string of the molecule is Cc1ccc2c(c1)ncn2CCCCCNC(=O)OC(C)(C)C. The van der Waals surface area contributed by atoms with E-state index in [0.29, 0.717) is 6.54 Å². The Morgan fingerprint density at radius 3 is 2.78 bits per heavy atom. The summed E-state index contributed by atoms with van der Waals surface area (Å²) in [5.74, 6) is 0. The van der Waals surface area contributed by atoms with Crippen molar-refractivity contribution in [2.45, 2.75) is 59.1 Å². The Hall–Kier alpha value is -2.04. The van der Waals surface area contributed by atoms with Crippen molar-refractivity contribution in [3.8, 4) is 0 Å². The highest BCUT2D eigenvalue weighted by Gasteiger charge is 2.15. The molecule has 2 aromatic rings. The molecule has 0 aliphatic heterocycles. The maximum Gasteiger partial charge on any atom is 0.407 e. The minimum atomic E-state index is -0.440. The van der Waals surface area contributed by atoms with E-state index in [2.05, 4.69) is 40.0 Å². The predicted molar refractivity (Wildman–Crippen MR) is 92.6 cm³/mol. The fourth-order valence-electron chi connectivity index (χ4n) is 2.44. The number of hydrogen-bond donors (Lipinski definition) is 1. The molecular weight excluding hydrogens is 290 g/mol. The molecule has 0 unspecified atom stereocenters. The van der Waals surface area contributed by atoms with E-state index in [1.54, 1.807) is 0 Å². The van der Waals surface area contributed by atoms with E-state index in [1.807, 2.05) is 27.1 Å². The summed E-state index contributed by atoms with van der Waals surface area (Å²) in [6, 6.07) is 6.35. The summed E-state index contributed by atoms with van der Waals surface area (Å²) in [7, 11) is 0. The third-order valence-corrected chi connectivity index (χ3v) is 3.52. The molecule has 0 aliphatic carbocycles. The van der Waals surface area contributed by atoms with Crippen molar-refractivity contribution in [3.63, 3.8) is 0 Å². The first-order chi connectivity index (χ1) is 10.8. The minimum absolute atomic E-state index is 0.339. The summed E-state index contributed by atoms with van der Waals surface area (Å²) in [6.07, 6.45) is 4.64. The number of aryl methyl sites for hydroxylation is 2. The number of nitrogens with one attached hydrogen (secondary N) is 1. The molecule has 0 fully saturated rings. The minimum Gasteiger partial charge on any atom is -0.444 e. The molecule has 1 heterocycles. The second kappa shape index (κ2) is 7.49. The number of aromatic nitrogens is 2. The number of amides is 1. The van der Waals surface area contributed by atoms with Crippen LogP contribution in [0.2, 0.25) is 0 Å². The number of hydrogen-bond acceptors (Lipinski definition) is 3. The standard InChI is InChI=1S/C18H27N3O2/c1-14-8-9-16-15(12-14)20-13-21(16)11-7-5-6-10-19-17(22)23-18(2,3)4/h8-9,12-13H,5-7,10-11H2,1-4H3,(H,19,22). The molecule has 1 aromatic heterocycles. The van der Waals surface area contributed by atoms with Crippen molar-refractivity contribution in [3.05, 3.63) is 30.1 Å². The van der Waals surface area contributed by atoms with Crippen molar-refractivity contribution in [1.82, 2.24) is 14.9 Å². The molecule has 23 heavy (non-hydrogen) atoms. The van der Waals surface area contributed by atoms with E-state index in [9.17, 15) is 4.79 Å². The van der Waals surface area contributed by atoms with Crippen LogP contribution in [0.15, 0.2) is 24.5 Å². The van der Waals surface area contributed by atoms with Crippen molar-refractivity contribution in [2.24, 2.45) is 0 Å². The molecule has 0 radical (unpaired) electrons. The maximum absolute atomic E-state index is 11.5. The third kappa shape index (κ3) is 5.58. The Bertz CT molecular complexity index is 656. The van der Waals surface area contributed by atoms with Gasteiger partial charge in [-0.05, 0) is 64.7 Å². The summed E-state index contributed by atoms with van der Waals surface area (Å²) >= 11 is 0. The highest BCUT2D eigenvalue weighted by atomic mass is 16.6. The first-order valence-corrected chi connectivity index (χ1v) is 8.23. The molecule has 1 aromatic carbocycles. The van der Waals surface area contributed by atoms with Gasteiger partial charge in [0.05, 0.1) is 17.4 Å². The van der Waals surface area contributed by atoms with Gasteiger partial charge in [0.15, 0.2) is 0 Å². The van der Waals surface area contributed by atoms with Gasteiger partial charge in [-0.25, -0.2) is 9.78 Å². The second-order valence-corrected chi connectivity index (χ2v) is 6.92. The van der Waals surface area contributed by atoms with Crippen molar-refractivity contribution in [2.75, 3.05) is 6.54 Å². The van der Waals surface area contributed by atoms with Crippen LogP contribution >= 0.6 is 0 Å². The molecule has 1 N–H and O–H groups in total. The van der Waals surface area contributed by atoms with Gasteiger partial charge in [-0.2, -0.15) is 0 Å². The number of imidazole rings is 1. The van der Waals surface area contributed by atoms with Gasteiger partial charge in [0.25, 0.3) is 0 Å². The summed E-state index contributed by atoms with van der Waals surface area (Å²) in [6.45, 7) is 9.28. The van der Waals surface area contributed by atoms with Gasteiger partial charge >= 0.3 is 6.09 Å². The van der Waals surface area contributed by atoms with Crippen LogP contribution in [0, 0.1) is 6.92 Å². The number of unbranched alkanes of at least 4 members (excludes halogenated alkanes) is 2. The van der Waals surface area contributed by atoms with E-state index in [1.165, 1.54) is 11.1 Å². The fourth-order valence-corrected chi connectivity index (χ4v) is 2.44. The highest BCUT2D eigenvalue weighted by Crippen LogP contribution is 2.15. The van der Waals surface area contributed by atoms with E-state index < -0.39 is 5.60 Å². The zero-order valence-corrected chi connectivity index (χ0v) is 14.6. The van der Waals surface area contributed by atoms with Crippen LogP contribution in [0.1, 0.15) is 45.6 Å². The van der Waals surface area contributed by atoms with Crippen LogP contribution in [0.5, 0.6) is 0 Å². The van der Waals surface area contributed by atoms with Gasteiger partial charge in [0.2, 0.25) is 0 Å². The van der Waals surface area contributed by atoms with Crippen LogP contribution in [0.25, 0.3) is 11.0 Å². The number of carbonyl (C=O) groups is 1. The van der Waals surface area contributed by atoms with Gasteiger partial charge in [0.1, 0.15) is 5.60 Å². The van der Waals surface area contributed by atoms with Crippen LogP contribution in [-0.2, 0) is 11.3 Å². The van der Waals surface area contributed by atoms with Crippen LogP contribution < -0.4 is 5.32 Å². The average molecular weight is 317 g/mol. The van der Waals surface area contributed by atoms with Crippen LogP contribution in [0.4, 0.5) is 4.79 Å². The zero-order chi connectivity index (χ0) is 16.9. The van der Waals surface area contributed by atoms with E-state index in [0.717, 1.165) is 31.3 Å². The molecule has 0 bridgehead atoms. The fraction of sp³-hybridized carbons (Fsp3) is 0.556. The largest absolute Gasteiger partial charge is 0.444 e. The molecule has 126 valence electrons. The van der Waals surface area contributed by atoms with E-state index >= 15 is 0 Å². The number of benzene rings is 1. The van der Waals surface area contributed by atoms with E-state index in [4.69, 9.17) is 4.74 Å². The van der Waals surface area contributed by atoms with E-state index in [-0.39, 0.29) is 6.09 Å². The Morgan fingerprint density at radius 2 is 2.04 bits per heavy atom. The van der Waals surface area contributed by atoms with Gasteiger partial charge in [-0.15, -0.1) is 0 Å². The average Bonchev–Trinajstić information content (AvgIpc) is 2.83. The van der Waals surface area contributed by atoms with Crippen molar-refractivity contribution in [1.29, 1.82) is 0 Å². The molecule has 0 atom stereocenters. The normalized spacial score (nSPS) is 11.7. The van der Waals surface area contributed by atoms with Crippen LogP contribution in [-0.4, -0.2) is 27.8 Å². The summed E-state index contributed by atoms with van der Waals surface area (Å²) in [4.78, 5) is 15.9. The second-order valence-electron chi connectivity index (χ2n) is 6.92. The molecule has 2 rings (SSSR count). The molecule has 0 saturated heterocycles. The Balaban J connectivity index is 1.66. The lowest BCUT2D eigenvalue weighted by molar-refractivity contribution is 0.0527. The number of rotatable bonds is 6. The number of carbonyl (C=O) groups excluding carboxylic acids is 1. The highest BCUT2D eigenvalue weighted by molar-refractivity contribution is 5.75. The van der Waals surface area contributed by atoms with Gasteiger partial charge in [0, 0.05) is 13.1 Å². The smallest absolute Gasteiger partial charge is 0.407 e. The Kier molecular flexibility index (Phi) is 5.64. The van der Waals surface area contributed by atoms with Crippen molar-refractivity contribution < 1.29 is 9.53 Å². The lowest BCUT2D eigenvalue weighted by Crippen LogP contribution is -2.33. The number of alkyl carbamates (subject to hydrolysis) is 1. The van der Waals surface area contributed by atoms with Crippen molar-refractivity contribution >= 4 is 17.1 Å². The monoisotopic (exact) mass is 317 g/mol. The van der Waals surface area contributed by atoms with Gasteiger partial charge < -0.3 is 14.6 Å². The van der Waals surface area contributed by atoms with Gasteiger partial charge in [-0.3, -0.25) is 0 Å². The third-order valence-electron chi connectivity index (χ3n) is 3.52. The first kappa shape index (κ1) is 17.3. The van der Waals surface area contributed by atoms with Gasteiger partial charge in [-0.1, -0.05) is 6.07 Å². The van der Waals surface area contributed by atoms with Crippen LogP contribution in [0.3, 0.4) is 0 Å². The predicted octanol–water partition coefficient (Wildman–Crippen LogP) is 4.04. The molecule has 1 amide bonds. The molecule has 5 heteroatoms. The summed E-state index contributed by atoms with van der Waals surface area (Å²) in [5.41, 5.74) is 3.03. The molecule has 0 saturated carbocycles. The Labute approximate surface area is 138 Å². The zero-order valence-electron chi connectivity index (χ0n) is 14.6. The lowest BCUT2D eigenvalue weighted by Gasteiger charge is -2.19. The Morgan fingerprint density at radius 1 is 1.26 bits per heavy atom.